The Labute approximate surface area is 160 Å². The van der Waals surface area contributed by atoms with Crippen LogP contribution in [0.1, 0.15) is 19.4 Å². The zero-order valence-electron chi connectivity index (χ0n) is 15.7. The van der Waals surface area contributed by atoms with E-state index in [2.05, 4.69) is 5.32 Å². The third-order valence-electron chi connectivity index (χ3n) is 5.86. The van der Waals surface area contributed by atoms with Crippen molar-refractivity contribution in [3.05, 3.63) is 33.9 Å². The lowest BCUT2D eigenvalue weighted by molar-refractivity contribution is -0.384. The third kappa shape index (κ3) is 2.34. The van der Waals surface area contributed by atoms with E-state index in [1.165, 1.54) is 19.2 Å². The predicted molar refractivity (Wildman–Crippen MR) is 96.7 cm³/mol. The van der Waals surface area contributed by atoms with Gasteiger partial charge >= 0.3 is 6.03 Å². The summed E-state index contributed by atoms with van der Waals surface area (Å²) in [6.07, 6.45) is -0.677. The highest BCUT2D eigenvalue weighted by atomic mass is 16.6. The highest BCUT2D eigenvalue weighted by molar-refractivity contribution is 6.20. The van der Waals surface area contributed by atoms with E-state index in [0.717, 1.165) is 10.6 Å². The van der Waals surface area contributed by atoms with Crippen molar-refractivity contribution in [2.45, 2.75) is 38.5 Å². The maximum Gasteiger partial charge on any atom is 0.330 e. The summed E-state index contributed by atoms with van der Waals surface area (Å²) >= 11 is 0. The van der Waals surface area contributed by atoms with Crippen molar-refractivity contribution >= 4 is 29.2 Å². The van der Waals surface area contributed by atoms with Gasteiger partial charge < -0.3 is 9.64 Å². The summed E-state index contributed by atoms with van der Waals surface area (Å²) in [4.78, 5) is 51.8. The molecular formula is C18H20N4O6. The van der Waals surface area contributed by atoms with Crippen molar-refractivity contribution in [3.8, 4) is 0 Å². The second-order valence-corrected chi connectivity index (χ2v) is 7.59. The van der Waals surface area contributed by atoms with Gasteiger partial charge in [-0.15, -0.1) is 0 Å². The van der Waals surface area contributed by atoms with E-state index in [9.17, 15) is 24.5 Å². The van der Waals surface area contributed by atoms with Gasteiger partial charge in [-0.2, -0.15) is 0 Å². The number of rotatable bonds is 1. The Morgan fingerprint density at radius 1 is 1.29 bits per heavy atom. The first-order valence-electron chi connectivity index (χ1n) is 9.00. The maximum absolute atomic E-state index is 13.3. The average molecular weight is 388 g/mol. The molecule has 4 rings (SSSR count). The number of nitrogens with zero attached hydrogens (tertiary/aromatic N) is 3. The molecule has 2 saturated heterocycles. The fraction of sp³-hybridized carbons (Fsp3) is 0.500. The van der Waals surface area contributed by atoms with Crippen LogP contribution in [0.2, 0.25) is 0 Å². The molecule has 10 nitrogen and oxygen atoms in total. The number of carbonyl (C=O) groups is 3. The number of non-ortho nitro benzene ring substituents is 1. The minimum absolute atomic E-state index is 0.0461. The van der Waals surface area contributed by atoms with Crippen molar-refractivity contribution in [3.63, 3.8) is 0 Å². The molecule has 0 saturated carbocycles. The van der Waals surface area contributed by atoms with E-state index in [4.69, 9.17) is 4.74 Å². The van der Waals surface area contributed by atoms with E-state index >= 15 is 0 Å². The van der Waals surface area contributed by atoms with Gasteiger partial charge in [0.25, 0.3) is 5.69 Å². The van der Waals surface area contributed by atoms with Crippen molar-refractivity contribution in [1.29, 1.82) is 0 Å². The third-order valence-corrected chi connectivity index (χ3v) is 5.86. The minimum Gasteiger partial charge on any atom is -0.372 e. The quantitative estimate of drug-likeness (QED) is 0.429. The summed E-state index contributed by atoms with van der Waals surface area (Å²) in [5.41, 5.74) is -0.457. The molecule has 0 aliphatic carbocycles. The molecule has 4 atom stereocenters. The number of benzene rings is 1. The van der Waals surface area contributed by atoms with Crippen LogP contribution in [0.4, 0.5) is 16.2 Å². The predicted octanol–water partition coefficient (Wildman–Crippen LogP) is 0.828. The Hall–Kier alpha value is -3.01. The minimum atomic E-state index is -1.61. The number of barbiturate groups is 1. The summed E-state index contributed by atoms with van der Waals surface area (Å²) in [6, 6.07) is 3.04. The highest BCUT2D eigenvalue weighted by Gasteiger charge is 2.64. The zero-order chi connectivity index (χ0) is 20.4. The number of nitro benzene ring substituents is 1. The van der Waals surface area contributed by atoms with Crippen LogP contribution in [0.15, 0.2) is 18.2 Å². The second-order valence-electron chi connectivity index (χ2n) is 7.59. The number of carbonyl (C=O) groups excluding carboxylic acids is 3. The maximum atomic E-state index is 13.3. The molecule has 2 fully saturated rings. The number of fused-ring (bicyclic) bond motifs is 4. The summed E-state index contributed by atoms with van der Waals surface area (Å²) in [5, 5.41) is 13.5. The van der Waals surface area contributed by atoms with Crippen LogP contribution in [0.3, 0.4) is 0 Å². The molecule has 1 aromatic carbocycles. The normalized spacial score (nSPS) is 32.1. The van der Waals surface area contributed by atoms with E-state index in [1.807, 2.05) is 11.8 Å². The van der Waals surface area contributed by atoms with Gasteiger partial charge in [-0.3, -0.25) is 29.9 Å². The van der Waals surface area contributed by atoms with Crippen LogP contribution in [0, 0.1) is 15.5 Å². The Morgan fingerprint density at radius 3 is 2.68 bits per heavy atom. The SMILES string of the molecule is C[C@@H]1CN2c3ccc([N+](=O)[O-])cc3C[C@]3(C(=O)NC(=O)N(C)C3=O)[C@H]2[C@H](C)O1. The molecular weight excluding hydrogens is 368 g/mol. The summed E-state index contributed by atoms with van der Waals surface area (Å²) in [7, 11) is 1.32. The Morgan fingerprint density at radius 2 is 2.00 bits per heavy atom. The topological polar surface area (TPSA) is 122 Å². The van der Waals surface area contributed by atoms with Gasteiger partial charge in [0.05, 0.1) is 23.2 Å². The average Bonchev–Trinajstić information content (AvgIpc) is 2.63. The summed E-state index contributed by atoms with van der Waals surface area (Å²) in [6.45, 7) is 4.10. The Bertz CT molecular complexity index is 917. The van der Waals surface area contributed by atoms with Gasteiger partial charge in [0.2, 0.25) is 11.8 Å². The number of ether oxygens (including phenoxy) is 1. The molecule has 3 heterocycles. The molecule has 148 valence electrons. The van der Waals surface area contributed by atoms with Gasteiger partial charge in [0.15, 0.2) is 5.41 Å². The van der Waals surface area contributed by atoms with Gasteiger partial charge in [0, 0.05) is 37.8 Å². The largest absolute Gasteiger partial charge is 0.372 e. The number of nitrogens with one attached hydrogen (secondary N) is 1. The summed E-state index contributed by atoms with van der Waals surface area (Å²) in [5.74, 6) is -1.32. The number of nitro groups is 1. The van der Waals surface area contributed by atoms with Gasteiger partial charge in [0.1, 0.15) is 0 Å². The van der Waals surface area contributed by atoms with Crippen LogP contribution >= 0.6 is 0 Å². The highest BCUT2D eigenvalue weighted by Crippen LogP contribution is 2.48. The van der Waals surface area contributed by atoms with E-state index in [-0.39, 0.29) is 18.2 Å². The van der Waals surface area contributed by atoms with E-state index in [1.54, 1.807) is 13.0 Å². The monoisotopic (exact) mass is 388 g/mol. The van der Waals surface area contributed by atoms with Gasteiger partial charge in [-0.25, -0.2) is 4.79 Å². The number of urea groups is 1. The lowest BCUT2D eigenvalue weighted by atomic mass is 9.66. The number of morpholine rings is 1. The number of hydrogen-bond acceptors (Lipinski definition) is 7. The lowest BCUT2D eigenvalue weighted by Crippen LogP contribution is -2.75. The molecule has 4 amide bonds. The first-order valence-corrected chi connectivity index (χ1v) is 9.00. The molecule has 0 radical (unpaired) electrons. The Balaban J connectivity index is 1.93. The molecule has 1 spiro atoms. The molecule has 10 heteroatoms. The number of hydrogen-bond donors (Lipinski definition) is 1. The van der Waals surface area contributed by atoms with E-state index < -0.39 is 40.3 Å². The number of anilines is 1. The van der Waals surface area contributed by atoms with Crippen molar-refractivity contribution < 1.29 is 24.0 Å². The second kappa shape index (κ2) is 5.99. The van der Waals surface area contributed by atoms with Crippen LogP contribution in [0.5, 0.6) is 0 Å². The molecule has 0 bridgehead atoms. The first kappa shape index (κ1) is 18.4. The lowest BCUT2D eigenvalue weighted by Gasteiger charge is -2.56. The zero-order valence-corrected chi connectivity index (χ0v) is 15.7. The van der Waals surface area contributed by atoms with Crippen LogP contribution < -0.4 is 10.2 Å². The molecule has 3 aliphatic heterocycles. The molecule has 0 aromatic heterocycles. The standard InChI is InChI=1S/C18H20N4O6/c1-9-8-21-13-5-4-12(22(26)27)6-11(13)7-18(14(21)10(2)28-9)15(23)19-17(25)20(3)16(18)24/h4-6,9-10,14H,7-8H2,1-3H3,(H,19,23,25)/t9-,10+,14-,18-/m1/s1. The first-order chi connectivity index (χ1) is 13.2. The molecule has 3 aliphatic rings. The smallest absolute Gasteiger partial charge is 0.330 e. The van der Waals surface area contributed by atoms with Gasteiger partial charge in [-0.1, -0.05) is 0 Å². The van der Waals surface area contributed by atoms with Gasteiger partial charge in [-0.05, 0) is 25.5 Å². The fourth-order valence-corrected chi connectivity index (χ4v) is 4.75. The van der Waals surface area contributed by atoms with Crippen LogP contribution in [0.25, 0.3) is 0 Å². The molecule has 1 aromatic rings. The fourth-order valence-electron chi connectivity index (χ4n) is 4.75. The van der Waals surface area contributed by atoms with Crippen molar-refractivity contribution in [2.75, 3.05) is 18.5 Å². The number of imide groups is 2. The molecule has 0 unspecified atom stereocenters. The number of amides is 4. The van der Waals surface area contributed by atoms with Crippen LogP contribution in [-0.2, 0) is 20.7 Å². The van der Waals surface area contributed by atoms with Crippen molar-refractivity contribution in [1.82, 2.24) is 10.2 Å². The molecule has 1 N–H and O–H groups in total. The van der Waals surface area contributed by atoms with Crippen LogP contribution in [-0.4, -0.2) is 59.5 Å². The Kier molecular flexibility index (Phi) is 3.93. The van der Waals surface area contributed by atoms with E-state index in [0.29, 0.717) is 12.1 Å². The van der Waals surface area contributed by atoms with Crippen molar-refractivity contribution in [2.24, 2.45) is 5.41 Å². The molecule has 28 heavy (non-hydrogen) atoms. The summed E-state index contributed by atoms with van der Waals surface area (Å²) < 4.78 is 5.93.